The van der Waals surface area contributed by atoms with Crippen molar-refractivity contribution in [2.75, 3.05) is 66.5 Å². The van der Waals surface area contributed by atoms with Crippen LogP contribution in [-0.2, 0) is 9.53 Å². The van der Waals surface area contributed by atoms with Crippen LogP contribution in [0.15, 0.2) is 4.99 Å². The van der Waals surface area contributed by atoms with E-state index in [9.17, 15) is 4.79 Å². The normalized spacial score (nSPS) is 30.7. The number of nitrogens with zero attached hydrogens (tertiary/aromatic N) is 4. The van der Waals surface area contributed by atoms with Crippen LogP contribution in [0, 0.1) is 5.92 Å². The maximum Gasteiger partial charge on any atom is 0.308 e. The van der Waals surface area contributed by atoms with Crippen molar-refractivity contribution in [1.29, 1.82) is 0 Å². The number of methoxy groups -OCH3 is 1. The van der Waals surface area contributed by atoms with Gasteiger partial charge in [0.2, 0.25) is 0 Å². The first-order chi connectivity index (χ1) is 11.2. The fraction of sp³-hybridized carbons (Fsp3) is 0.875. The molecule has 4 heterocycles. The lowest BCUT2D eigenvalue weighted by Gasteiger charge is -2.47. The van der Waals surface area contributed by atoms with E-state index < -0.39 is 0 Å². The molecule has 2 bridgehead atoms. The third-order valence-electron chi connectivity index (χ3n) is 5.43. The average Bonchev–Trinajstić information content (AvgIpc) is 2.63. The number of carbonyl (C=O) groups excluding carboxylic acids is 1. The Morgan fingerprint density at radius 3 is 2.33 bits per heavy atom. The Morgan fingerprint density at radius 2 is 1.83 bits per heavy atom. The molecule has 0 spiro atoms. The molecule has 0 radical (unpaired) electrons. The minimum absolute atomic E-state index is 0. The summed E-state index contributed by atoms with van der Waals surface area (Å²) in [5.41, 5.74) is 0. The molecule has 4 fully saturated rings. The number of hydrogen-bond acceptors (Lipinski definition) is 5. The summed E-state index contributed by atoms with van der Waals surface area (Å²) in [5, 5.41) is 3.54. The fourth-order valence-electron chi connectivity index (χ4n) is 3.95. The van der Waals surface area contributed by atoms with Crippen molar-refractivity contribution in [2.24, 2.45) is 10.9 Å². The van der Waals surface area contributed by atoms with Crippen LogP contribution in [0.2, 0.25) is 0 Å². The number of carbonyl (C=O) groups is 1. The van der Waals surface area contributed by atoms with Crippen LogP contribution >= 0.6 is 24.0 Å². The first kappa shape index (κ1) is 19.7. The zero-order chi connectivity index (χ0) is 16.2. The third kappa shape index (κ3) is 4.51. The minimum Gasteiger partial charge on any atom is -0.469 e. The Balaban J connectivity index is 0.00000208. The molecule has 4 aliphatic rings. The van der Waals surface area contributed by atoms with Crippen LogP contribution in [0.3, 0.4) is 0 Å². The van der Waals surface area contributed by atoms with Gasteiger partial charge in [-0.1, -0.05) is 0 Å². The molecule has 138 valence electrons. The zero-order valence-electron chi connectivity index (χ0n) is 14.7. The van der Waals surface area contributed by atoms with Crippen LogP contribution < -0.4 is 5.32 Å². The van der Waals surface area contributed by atoms with Crippen molar-refractivity contribution in [3.63, 3.8) is 0 Å². The Bertz CT molecular complexity index is 446. The van der Waals surface area contributed by atoms with Gasteiger partial charge in [0.1, 0.15) is 0 Å². The van der Waals surface area contributed by atoms with Crippen LogP contribution in [0.25, 0.3) is 0 Å². The number of likely N-dealkylation sites (tertiary alicyclic amines) is 1. The molecule has 24 heavy (non-hydrogen) atoms. The monoisotopic (exact) mass is 451 g/mol. The van der Waals surface area contributed by atoms with Crippen molar-refractivity contribution in [2.45, 2.75) is 18.9 Å². The predicted molar refractivity (Wildman–Crippen MR) is 105 cm³/mol. The first-order valence-electron chi connectivity index (χ1n) is 8.71. The van der Waals surface area contributed by atoms with Crippen molar-refractivity contribution in [1.82, 2.24) is 20.0 Å². The molecule has 1 unspecified atom stereocenters. The molecule has 4 saturated heterocycles. The molecule has 1 N–H and O–H groups in total. The van der Waals surface area contributed by atoms with E-state index in [1.807, 2.05) is 7.05 Å². The fourth-order valence-corrected chi connectivity index (χ4v) is 3.95. The number of halogens is 1. The quantitative estimate of drug-likeness (QED) is 0.284. The summed E-state index contributed by atoms with van der Waals surface area (Å²) in [5.74, 6) is 0.931. The molecule has 4 rings (SSSR count). The van der Waals surface area contributed by atoms with E-state index in [2.05, 4.69) is 25.0 Å². The van der Waals surface area contributed by atoms with E-state index >= 15 is 0 Å². The second-order valence-corrected chi connectivity index (χ2v) is 6.70. The van der Waals surface area contributed by atoms with Gasteiger partial charge in [-0.15, -0.1) is 24.0 Å². The highest BCUT2D eigenvalue weighted by Gasteiger charge is 2.32. The number of guanidine groups is 1. The van der Waals surface area contributed by atoms with E-state index in [1.54, 1.807) is 0 Å². The lowest BCUT2D eigenvalue weighted by Crippen LogP contribution is -2.64. The average molecular weight is 451 g/mol. The van der Waals surface area contributed by atoms with Crippen molar-refractivity contribution >= 4 is 35.9 Å². The SMILES string of the molecule is CN=C(NCC1CN2CCN1CC2)N1CCC(C(=O)OC)CC1.I. The summed E-state index contributed by atoms with van der Waals surface area (Å²) in [6, 6.07) is 0.585. The van der Waals surface area contributed by atoms with Crippen molar-refractivity contribution in [3.05, 3.63) is 0 Å². The molecule has 4 aliphatic heterocycles. The summed E-state index contributed by atoms with van der Waals surface area (Å²) in [4.78, 5) is 23.5. The zero-order valence-corrected chi connectivity index (χ0v) is 17.1. The third-order valence-corrected chi connectivity index (χ3v) is 5.43. The van der Waals surface area contributed by atoms with Gasteiger partial charge in [0.15, 0.2) is 5.96 Å². The molecular formula is C16H30IN5O2. The molecular weight excluding hydrogens is 421 g/mol. The maximum absolute atomic E-state index is 11.6. The topological polar surface area (TPSA) is 60.4 Å². The summed E-state index contributed by atoms with van der Waals surface area (Å²) in [7, 11) is 3.31. The molecule has 0 aromatic rings. The number of ether oxygens (including phenoxy) is 1. The second kappa shape index (κ2) is 9.19. The lowest BCUT2D eigenvalue weighted by molar-refractivity contribution is -0.146. The van der Waals surface area contributed by atoms with Gasteiger partial charge in [-0.05, 0) is 12.8 Å². The second-order valence-electron chi connectivity index (χ2n) is 6.70. The number of aliphatic imine (C=N–C) groups is 1. The van der Waals surface area contributed by atoms with E-state index in [-0.39, 0.29) is 35.9 Å². The molecule has 8 heteroatoms. The van der Waals surface area contributed by atoms with E-state index in [4.69, 9.17) is 4.74 Å². The van der Waals surface area contributed by atoms with Crippen LogP contribution in [0.1, 0.15) is 12.8 Å². The largest absolute Gasteiger partial charge is 0.469 e. The highest BCUT2D eigenvalue weighted by atomic mass is 127. The number of nitrogens with one attached hydrogen (secondary N) is 1. The van der Waals surface area contributed by atoms with Gasteiger partial charge in [-0.2, -0.15) is 0 Å². The van der Waals surface area contributed by atoms with E-state index in [1.165, 1.54) is 33.3 Å². The summed E-state index contributed by atoms with van der Waals surface area (Å²) < 4.78 is 4.85. The molecule has 0 saturated carbocycles. The lowest BCUT2D eigenvalue weighted by atomic mass is 9.97. The van der Waals surface area contributed by atoms with E-state index in [0.29, 0.717) is 6.04 Å². The Labute approximate surface area is 161 Å². The van der Waals surface area contributed by atoms with Gasteiger partial charge < -0.3 is 15.0 Å². The first-order valence-corrected chi connectivity index (χ1v) is 8.71. The predicted octanol–water partition coefficient (Wildman–Crippen LogP) is 0.0646. The van der Waals surface area contributed by atoms with Crippen molar-refractivity contribution < 1.29 is 9.53 Å². The summed E-state index contributed by atoms with van der Waals surface area (Å²) in [6.45, 7) is 8.64. The number of piperazine rings is 3. The Morgan fingerprint density at radius 1 is 1.17 bits per heavy atom. The van der Waals surface area contributed by atoms with E-state index in [0.717, 1.165) is 45.0 Å². The molecule has 0 aromatic heterocycles. The highest BCUT2D eigenvalue weighted by Crippen LogP contribution is 2.19. The van der Waals surface area contributed by atoms with Gasteiger partial charge >= 0.3 is 5.97 Å². The molecule has 0 aromatic carbocycles. The van der Waals surface area contributed by atoms with Gasteiger partial charge in [0, 0.05) is 65.4 Å². The number of esters is 1. The minimum atomic E-state index is -0.0762. The maximum atomic E-state index is 11.6. The van der Waals surface area contributed by atoms with Gasteiger partial charge in [-0.25, -0.2) is 0 Å². The molecule has 0 aliphatic carbocycles. The number of rotatable bonds is 3. The van der Waals surface area contributed by atoms with Gasteiger partial charge in [0.25, 0.3) is 0 Å². The smallest absolute Gasteiger partial charge is 0.308 e. The summed E-state index contributed by atoms with van der Waals surface area (Å²) in [6.07, 6.45) is 1.69. The Kier molecular flexibility index (Phi) is 7.55. The summed E-state index contributed by atoms with van der Waals surface area (Å²) >= 11 is 0. The van der Waals surface area contributed by atoms with Crippen LogP contribution in [0.4, 0.5) is 0 Å². The molecule has 1 atom stereocenters. The number of piperidine rings is 1. The number of hydrogen-bond donors (Lipinski definition) is 1. The van der Waals surface area contributed by atoms with Crippen LogP contribution in [0.5, 0.6) is 0 Å². The van der Waals surface area contributed by atoms with Gasteiger partial charge in [-0.3, -0.25) is 19.6 Å². The standard InChI is InChI=1S/C16H29N5O2.HI/c1-17-16(21-5-3-13(4-6-21)15(22)23-2)18-11-14-12-19-7-9-20(14)10-8-19;/h13-14H,3-12H2,1-2H3,(H,17,18);1H. The Hall–Kier alpha value is -0.610. The van der Waals surface area contributed by atoms with Crippen LogP contribution in [-0.4, -0.2) is 99.2 Å². The highest BCUT2D eigenvalue weighted by molar-refractivity contribution is 14.0. The molecule has 0 amide bonds. The molecule has 7 nitrogen and oxygen atoms in total. The van der Waals surface area contributed by atoms with Crippen molar-refractivity contribution in [3.8, 4) is 0 Å². The van der Waals surface area contributed by atoms with Gasteiger partial charge in [0.05, 0.1) is 13.0 Å². The number of fused-ring (bicyclic) bond motifs is 3.